The summed E-state index contributed by atoms with van der Waals surface area (Å²) in [5, 5.41) is 6.85. The molecule has 1 amide bonds. The van der Waals surface area contributed by atoms with Gasteiger partial charge in [-0.2, -0.15) is 5.10 Å². The summed E-state index contributed by atoms with van der Waals surface area (Å²) in [6, 6.07) is 9.46. The van der Waals surface area contributed by atoms with Gasteiger partial charge >= 0.3 is 0 Å². The minimum atomic E-state index is -0.194. The maximum Gasteiger partial charge on any atom is 0.254 e. The van der Waals surface area contributed by atoms with Gasteiger partial charge in [-0.1, -0.05) is 30.3 Å². The van der Waals surface area contributed by atoms with Crippen LogP contribution in [0.25, 0.3) is 0 Å². The fraction of sp³-hybridized carbons (Fsp3) is 0.231. The molecule has 94 valence electrons. The van der Waals surface area contributed by atoms with Gasteiger partial charge < -0.3 is 5.32 Å². The molecular weight excluding hydrogens is 250 g/mol. The number of carbonyl (C=O) groups excluding carboxylic acids is 1. The second-order valence-corrected chi connectivity index (χ2v) is 4.30. The van der Waals surface area contributed by atoms with Crippen LogP contribution in [0.4, 0.5) is 0 Å². The number of aromatic nitrogens is 2. The van der Waals surface area contributed by atoms with Gasteiger partial charge in [0.2, 0.25) is 0 Å². The summed E-state index contributed by atoms with van der Waals surface area (Å²) in [6.45, 7) is 0. The normalized spacial score (nSPS) is 12.1. The molecule has 1 aromatic heterocycles. The number of carbonyl (C=O) groups is 1. The number of halogens is 1. The molecule has 4 nitrogen and oxygen atoms in total. The lowest BCUT2D eigenvalue weighted by Gasteiger charge is -2.15. The summed E-state index contributed by atoms with van der Waals surface area (Å²) in [4.78, 5) is 12.0. The predicted octanol–water partition coefficient (Wildman–Crippen LogP) is 2.13. The number of nitrogens with zero attached hydrogens (tertiary/aromatic N) is 2. The zero-order chi connectivity index (χ0) is 13.0. The summed E-state index contributed by atoms with van der Waals surface area (Å²) >= 11 is 5.90. The van der Waals surface area contributed by atoms with E-state index in [-0.39, 0.29) is 11.9 Å². The molecule has 0 radical (unpaired) electrons. The fourth-order valence-electron chi connectivity index (χ4n) is 1.68. The Kier molecular flexibility index (Phi) is 3.99. The third kappa shape index (κ3) is 2.90. The van der Waals surface area contributed by atoms with Crippen LogP contribution in [-0.4, -0.2) is 21.6 Å². The van der Waals surface area contributed by atoms with Crippen LogP contribution in [0.5, 0.6) is 0 Å². The highest BCUT2D eigenvalue weighted by Crippen LogP contribution is 2.14. The minimum Gasteiger partial charge on any atom is -0.344 e. The number of benzene rings is 1. The van der Waals surface area contributed by atoms with Crippen molar-refractivity contribution in [1.82, 2.24) is 15.1 Å². The maximum absolute atomic E-state index is 12.0. The van der Waals surface area contributed by atoms with Crippen molar-refractivity contribution in [2.45, 2.75) is 6.04 Å². The van der Waals surface area contributed by atoms with Gasteiger partial charge in [-0.25, -0.2) is 0 Å². The lowest BCUT2D eigenvalue weighted by Crippen LogP contribution is -2.29. The van der Waals surface area contributed by atoms with Gasteiger partial charge in [-0.15, -0.1) is 11.6 Å². The largest absolute Gasteiger partial charge is 0.344 e. The SMILES string of the molecule is Cn1cc(C(=O)NC(CCl)c2ccccc2)cn1. The van der Waals surface area contributed by atoms with Crippen molar-refractivity contribution >= 4 is 17.5 Å². The quantitative estimate of drug-likeness (QED) is 0.859. The van der Waals surface area contributed by atoms with E-state index in [1.807, 2.05) is 30.3 Å². The first-order valence-electron chi connectivity index (χ1n) is 5.61. The van der Waals surface area contributed by atoms with E-state index in [0.717, 1.165) is 5.56 Å². The van der Waals surface area contributed by atoms with Crippen molar-refractivity contribution < 1.29 is 4.79 Å². The van der Waals surface area contributed by atoms with Gasteiger partial charge in [0.25, 0.3) is 5.91 Å². The molecule has 1 N–H and O–H groups in total. The Hall–Kier alpha value is -1.81. The van der Waals surface area contributed by atoms with E-state index in [9.17, 15) is 4.79 Å². The molecule has 2 rings (SSSR count). The van der Waals surface area contributed by atoms with Gasteiger partial charge in [0, 0.05) is 19.1 Å². The van der Waals surface area contributed by atoms with Crippen molar-refractivity contribution in [3.05, 3.63) is 53.9 Å². The van der Waals surface area contributed by atoms with Gasteiger partial charge in [-0.3, -0.25) is 9.48 Å². The number of hydrogen-bond donors (Lipinski definition) is 1. The number of hydrogen-bond acceptors (Lipinski definition) is 2. The molecular formula is C13H14ClN3O. The Morgan fingerprint density at radius 3 is 2.72 bits per heavy atom. The molecule has 0 fully saturated rings. The molecule has 1 atom stereocenters. The van der Waals surface area contributed by atoms with Crippen molar-refractivity contribution in [1.29, 1.82) is 0 Å². The van der Waals surface area contributed by atoms with Crippen LogP contribution in [-0.2, 0) is 7.05 Å². The van der Waals surface area contributed by atoms with Crippen molar-refractivity contribution in [3.63, 3.8) is 0 Å². The van der Waals surface area contributed by atoms with E-state index in [1.165, 1.54) is 6.20 Å². The van der Waals surface area contributed by atoms with E-state index in [1.54, 1.807) is 17.9 Å². The molecule has 0 aliphatic carbocycles. The zero-order valence-electron chi connectivity index (χ0n) is 10.0. The number of nitrogens with one attached hydrogen (secondary N) is 1. The number of alkyl halides is 1. The molecule has 0 bridgehead atoms. The zero-order valence-corrected chi connectivity index (χ0v) is 10.8. The highest BCUT2D eigenvalue weighted by molar-refractivity contribution is 6.18. The standard InChI is InChI=1S/C13H14ClN3O/c1-17-9-11(8-15-17)13(18)16-12(7-14)10-5-3-2-4-6-10/h2-6,8-9,12H,7H2,1H3,(H,16,18). The topological polar surface area (TPSA) is 46.9 Å². The second-order valence-electron chi connectivity index (χ2n) is 3.99. The van der Waals surface area contributed by atoms with E-state index >= 15 is 0 Å². The van der Waals surface area contributed by atoms with E-state index in [4.69, 9.17) is 11.6 Å². The van der Waals surface area contributed by atoms with Crippen molar-refractivity contribution in [3.8, 4) is 0 Å². The van der Waals surface area contributed by atoms with Crippen LogP contribution >= 0.6 is 11.6 Å². The van der Waals surface area contributed by atoms with Gasteiger partial charge in [0.1, 0.15) is 0 Å². The molecule has 0 aliphatic rings. The van der Waals surface area contributed by atoms with E-state index in [2.05, 4.69) is 10.4 Å². The molecule has 18 heavy (non-hydrogen) atoms. The van der Waals surface area contributed by atoms with Crippen LogP contribution in [0.3, 0.4) is 0 Å². The summed E-state index contributed by atoms with van der Waals surface area (Å²) < 4.78 is 1.59. The first kappa shape index (κ1) is 12.6. The highest BCUT2D eigenvalue weighted by Gasteiger charge is 2.15. The Balaban J connectivity index is 2.10. The van der Waals surface area contributed by atoms with Crippen LogP contribution in [0, 0.1) is 0 Å². The molecule has 0 spiro atoms. The monoisotopic (exact) mass is 263 g/mol. The van der Waals surface area contributed by atoms with Crippen LogP contribution in [0.2, 0.25) is 0 Å². The molecule has 0 saturated carbocycles. The van der Waals surface area contributed by atoms with Crippen LogP contribution in [0.15, 0.2) is 42.7 Å². The summed E-state index contributed by atoms with van der Waals surface area (Å²) in [6.07, 6.45) is 3.21. The first-order chi connectivity index (χ1) is 8.70. The van der Waals surface area contributed by atoms with Gasteiger partial charge in [-0.05, 0) is 5.56 Å². The molecule has 1 heterocycles. The van der Waals surface area contributed by atoms with Crippen molar-refractivity contribution in [2.24, 2.45) is 7.05 Å². The third-order valence-electron chi connectivity index (χ3n) is 2.63. The molecule has 1 unspecified atom stereocenters. The Labute approximate surface area is 111 Å². The van der Waals surface area contributed by atoms with E-state index < -0.39 is 0 Å². The molecule has 0 saturated heterocycles. The van der Waals surface area contributed by atoms with Crippen molar-refractivity contribution in [2.75, 3.05) is 5.88 Å². The van der Waals surface area contributed by atoms with Gasteiger partial charge in [0.05, 0.1) is 17.8 Å². The predicted molar refractivity (Wildman–Crippen MR) is 70.6 cm³/mol. The Morgan fingerprint density at radius 2 is 2.17 bits per heavy atom. The summed E-state index contributed by atoms with van der Waals surface area (Å²) in [5.74, 6) is 0.160. The molecule has 2 aromatic rings. The Bertz CT molecular complexity index is 524. The minimum absolute atomic E-state index is 0.169. The maximum atomic E-state index is 12.0. The molecule has 1 aromatic carbocycles. The highest BCUT2D eigenvalue weighted by atomic mass is 35.5. The lowest BCUT2D eigenvalue weighted by molar-refractivity contribution is 0.0940. The average Bonchev–Trinajstić information content (AvgIpc) is 2.83. The van der Waals surface area contributed by atoms with Crippen LogP contribution < -0.4 is 5.32 Å². The lowest BCUT2D eigenvalue weighted by atomic mass is 10.1. The second kappa shape index (κ2) is 5.69. The summed E-state index contributed by atoms with van der Waals surface area (Å²) in [7, 11) is 1.77. The first-order valence-corrected chi connectivity index (χ1v) is 6.14. The average molecular weight is 264 g/mol. The third-order valence-corrected chi connectivity index (χ3v) is 2.94. The number of amides is 1. The number of rotatable bonds is 4. The summed E-state index contributed by atoms with van der Waals surface area (Å²) in [5.41, 5.74) is 1.52. The number of aryl methyl sites for hydroxylation is 1. The molecule has 0 aliphatic heterocycles. The van der Waals surface area contributed by atoms with Crippen LogP contribution in [0.1, 0.15) is 22.0 Å². The fourth-order valence-corrected chi connectivity index (χ4v) is 1.93. The van der Waals surface area contributed by atoms with E-state index in [0.29, 0.717) is 11.4 Å². The van der Waals surface area contributed by atoms with Gasteiger partial charge in [0.15, 0.2) is 0 Å². The Morgan fingerprint density at radius 1 is 1.44 bits per heavy atom. The molecule has 5 heteroatoms. The smallest absolute Gasteiger partial charge is 0.254 e.